The minimum Gasteiger partial charge on any atom is -0.497 e. The van der Waals surface area contributed by atoms with Crippen molar-refractivity contribution in [3.8, 4) is 5.75 Å². The number of fused-ring (bicyclic) bond motifs is 2. The number of hydrogen-bond donors (Lipinski definition) is 0. The number of benzene rings is 2. The third kappa shape index (κ3) is 9.01. The Morgan fingerprint density at radius 3 is 2.45 bits per heavy atom. The van der Waals surface area contributed by atoms with Crippen LogP contribution in [0.4, 0.5) is 10.6 Å². The molecule has 2 fully saturated rings. The molecule has 1 aliphatic heterocycles. The van der Waals surface area contributed by atoms with Crippen LogP contribution in [-0.2, 0) is 31.9 Å². The fraction of sp³-hybridized carbons (Fsp3) is 0.525. The Bertz CT molecular complexity index is 1740. The van der Waals surface area contributed by atoms with E-state index < -0.39 is 11.4 Å². The lowest BCUT2D eigenvalue weighted by molar-refractivity contribution is -0.162. The molecule has 2 aromatic heterocycles. The highest BCUT2D eigenvalue weighted by Crippen LogP contribution is 2.48. The molecule has 4 aromatic rings. The number of amides is 1. The van der Waals surface area contributed by atoms with Crippen molar-refractivity contribution in [2.45, 2.75) is 90.1 Å². The molecule has 0 radical (unpaired) electrons. The number of ether oxygens (including phenoxy) is 5. The average Bonchev–Trinajstić information content (AvgIpc) is 3.76. The lowest BCUT2D eigenvalue weighted by Crippen LogP contribution is -2.39. The molecule has 6 rings (SSSR count). The van der Waals surface area contributed by atoms with Crippen molar-refractivity contribution >= 4 is 22.9 Å². The molecule has 4 atom stereocenters. The van der Waals surface area contributed by atoms with Gasteiger partial charge in [-0.3, -0.25) is 0 Å². The van der Waals surface area contributed by atoms with Gasteiger partial charge >= 0.3 is 6.09 Å². The van der Waals surface area contributed by atoms with Crippen LogP contribution in [0.5, 0.6) is 5.75 Å². The molecule has 1 saturated heterocycles. The van der Waals surface area contributed by atoms with Gasteiger partial charge in [0.1, 0.15) is 35.2 Å². The van der Waals surface area contributed by atoms with Crippen molar-refractivity contribution in [3.05, 3.63) is 84.3 Å². The summed E-state index contributed by atoms with van der Waals surface area (Å²) in [6.45, 7) is 12.5. The molecule has 0 N–H and O–H groups in total. The molecule has 2 aromatic carbocycles. The van der Waals surface area contributed by atoms with E-state index in [1.807, 2.05) is 65.0 Å². The first-order valence-corrected chi connectivity index (χ1v) is 18.0. The zero-order valence-corrected chi connectivity index (χ0v) is 31.1. The Hall–Kier alpha value is -4.19. The van der Waals surface area contributed by atoms with Crippen LogP contribution in [0.15, 0.2) is 73.2 Å². The third-order valence-corrected chi connectivity index (χ3v) is 9.55. The number of methoxy groups -OCH3 is 1. The first kappa shape index (κ1) is 36.6. The molecule has 11 nitrogen and oxygen atoms in total. The van der Waals surface area contributed by atoms with E-state index >= 15 is 0 Å². The predicted molar refractivity (Wildman–Crippen MR) is 197 cm³/mol. The van der Waals surface area contributed by atoms with E-state index in [2.05, 4.69) is 58.0 Å². The first-order valence-electron chi connectivity index (χ1n) is 18.0. The van der Waals surface area contributed by atoms with Gasteiger partial charge in [-0.05, 0) is 83.2 Å². The normalized spacial score (nSPS) is 21.1. The van der Waals surface area contributed by atoms with Crippen LogP contribution in [0.2, 0.25) is 0 Å². The summed E-state index contributed by atoms with van der Waals surface area (Å²) in [4.78, 5) is 26.4. The first-order chi connectivity index (χ1) is 24.4. The highest BCUT2D eigenvalue weighted by Gasteiger charge is 2.54. The number of carbonyl (C=O) groups excluding carboxylic acids is 1. The van der Waals surface area contributed by atoms with Crippen molar-refractivity contribution in [2.75, 3.05) is 45.4 Å². The number of hydrogen-bond acceptors (Lipinski definition) is 9. The Balaban J connectivity index is 1.09. The Morgan fingerprint density at radius 2 is 1.73 bits per heavy atom. The zero-order valence-electron chi connectivity index (χ0n) is 31.1. The summed E-state index contributed by atoms with van der Waals surface area (Å²) in [6, 6.07) is 20.4. The van der Waals surface area contributed by atoms with E-state index in [0.29, 0.717) is 39.3 Å². The van der Waals surface area contributed by atoms with Crippen molar-refractivity contribution in [1.82, 2.24) is 19.4 Å². The maximum Gasteiger partial charge on any atom is 0.410 e. The van der Waals surface area contributed by atoms with E-state index in [-0.39, 0.29) is 30.3 Å². The number of rotatable bonds is 14. The highest BCUT2D eigenvalue weighted by atomic mass is 16.8. The summed E-state index contributed by atoms with van der Waals surface area (Å²) >= 11 is 0. The fourth-order valence-corrected chi connectivity index (χ4v) is 7.22. The molecule has 2 aliphatic rings. The van der Waals surface area contributed by atoms with Gasteiger partial charge < -0.3 is 38.1 Å². The second kappa shape index (κ2) is 15.6. The lowest BCUT2D eigenvalue weighted by Gasteiger charge is -2.27. The third-order valence-electron chi connectivity index (χ3n) is 9.55. The fourth-order valence-electron chi connectivity index (χ4n) is 7.22. The highest BCUT2D eigenvalue weighted by molar-refractivity contribution is 5.88. The van der Waals surface area contributed by atoms with Gasteiger partial charge in [-0.1, -0.05) is 42.5 Å². The molecular formula is C40H53N5O6. The minimum absolute atomic E-state index is 0.0261. The van der Waals surface area contributed by atoms with E-state index in [1.165, 1.54) is 5.56 Å². The number of anilines is 1. The van der Waals surface area contributed by atoms with Crippen molar-refractivity contribution in [1.29, 1.82) is 0 Å². The molecule has 0 bridgehead atoms. The van der Waals surface area contributed by atoms with Gasteiger partial charge in [-0.25, -0.2) is 14.8 Å². The standard InChI is InChI=1S/C40H53N5O6/c1-39(2,3)51-38(46)44(21-18-28-12-9-8-10-13-28)20-11-23-48-26-30-24-33(35-34(30)49-40(4,5)50-35)45-22-19-32-36(41-27-42-37(32)45)43(6)25-29-14-16-31(47-7)17-15-29/h8-10,12-17,19,22,27,30,33-35H,11,18,20-21,23-26H2,1-7H3/t30-,33-,34-,35+/m1/s1. The molecule has 0 unspecified atom stereocenters. The summed E-state index contributed by atoms with van der Waals surface area (Å²) in [7, 11) is 3.72. The van der Waals surface area contributed by atoms with E-state index in [0.717, 1.165) is 41.0 Å². The van der Waals surface area contributed by atoms with Gasteiger partial charge in [0.05, 0.1) is 31.2 Å². The molecule has 1 saturated carbocycles. The van der Waals surface area contributed by atoms with Crippen LogP contribution in [0.1, 0.15) is 64.6 Å². The van der Waals surface area contributed by atoms with Gasteiger partial charge in [-0.2, -0.15) is 0 Å². The molecule has 0 spiro atoms. The summed E-state index contributed by atoms with van der Waals surface area (Å²) in [5.41, 5.74) is 2.66. The largest absolute Gasteiger partial charge is 0.497 e. The van der Waals surface area contributed by atoms with Crippen molar-refractivity contribution in [3.63, 3.8) is 0 Å². The Kier molecular flexibility index (Phi) is 11.2. The maximum absolute atomic E-state index is 13.1. The molecular weight excluding hydrogens is 646 g/mol. The van der Waals surface area contributed by atoms with Gasteiger partial charge in [-0.15, -0.1) is 0 Å². The lowest BCUT2D eigenvalue weighted by atomic mass is 10.1. The van der Waals surface area contributed by atoms with Gasteiger partial charge in [0.25, 0.3) is 0 Å². The second-order valence-electron chi connectivity index (χ2n) is 15.1. The van der Waals surface area contributed by atoms with E-state index in [1.54, 1.807) is 18.3 Å². The Morgan fingerprint density at radius 1 is 0.980 bits per heavy atom. The second-order valence-corrected chi connectivity index (χ2v) is 15.1. The van der Waals surface area contributed by atoms with E-state index in [9.17, 15) is 4.79 Å². The van der Waals surface area contributed by atoms with Crippen LogP contribution in [0.3, 0.4) is 0 Å². The Labute approximate surface area is 301 Å². The van der Waals surface area contributed by atoms with Crippen LogP contribution < -0.4 is 9.64 Å². The maximum atomic E-state index is 13.1. The SMILES string of the molecule is COc1ccc(CN(C)c2ncnc3c2ccn3[C@@H]2C[C@H](COCCCN(CCc3ccccc3)C(=O)OC(C)(C)C)[C@H]3OC(C)(C)O[C@H]32)cc1. The van der Waals surface area contributed by atoms with E-state index in [4.69, 9.17) is 28.7 Å². The summed E-state index contributed by atoms with van der Waals surface area (Å²) < 4.78 is 32.6. The van der Waals surface area contributed by atoms with Gasteiger partial charge in [0, 0.05) is 45.4 Å². The molecule has 1 amide bonds. The summed E-state index contributed by atoms with van der Waals surface area (Å²) in [5, 5.41) is 0.991. The zero-order chi connectivity index (χ0) is 36.2. The van der Waals surface area contributed by atoms with Gasteiger partial charge in [0.15, 0.2) is 5.79 Å². The summed E-state index contributed by atoms with van der Waals surface area (Å²) in [5.74, 6) is 1.15. The number of carbonyl (C=O) groups is 1. The molecule has 51 heavy (non-hydrogen) atoms. The monoisotopic (exact) mass is 699 g/mol. The van der Waals surface area contributed by atoms with Crippen LogP contribution >= 0.6 is 0 Å². The molecule has 11 heteroatoms. The van der Waals surface area contributed by atoms with Gasteiger partial charge in [0.2, 0.25) is 0 Å². The minimum atomic E-state index is -0.694. The number of aromatic nitrogens is 3. The molecule has 3 heterocycles. The average molecular weight is 700 g/mol. The predicted octanol–water partition coefficient (Wildman–Crippen LogP) is 7.04. The molecule has 274 valence electrons. The van der Waals surface area contributed by atoms with Crippen molar-refractivity contribution < 1.29 is 28.5 Å². The topological polar surface area (TPSA) is 100 Å². The van der Waals surface area contributed by atoms with Crippen LogP contribution in [-0.4, -0.2) is 89.6 Å². The van der Waals surface area contributed by atoms with Crippen LogP contribution in [0.25, 0.3) is 11.0 Å². The van der Waals surface area contributed by atoms with Crippen LogP contribution in [0, 0.1) is 5.92 Å². The molecule has 1 aliphatic carbocycles. The quantitative estimate of drug-likeness (QED) is 0.128. The van der Waals surface area contributed by atoms with Crippen molar-refractivity contribution in [2.24, 2.45) is 5.92 Å². The smallest absolute Gasteiger partial charge is 0.410 e. The summed E-state index contributed by atoms with van der Waals surface area (Å²) in [6.07, 6.45) is 5.50. The number of nitrogens with zero attached hydrogens (tertiary/aromatic N) is 5.